The molecular weight excluding hydrogens is 352 g/mol. The van der Waals surface area contributed by atoms with Gasteiger partial charge in [-0.3, -0.25) is 0 Å². The topological polar surface area (TPSA) is 277 Å². The minimum atomic E-state index is -3.37. The van der Waals surface area contributed by atoms with Gasteiger partial charge >= 0.3 is 22.3 Å². The second-order valence-electron chi connectivity index (χ2n) is 0.894. The Morgan fingerprint density at radius 3 is 0.263 bits per heavy atom. The molecule has 0 saturated heterocycles. The maximum absolute atomic E-state index is 8.48. The van der Waals surface area contributed by atoms with E-state index in [2.05, 4.69) is 0 Å². The molecule has 0 aromatic carbocycles. The van der Waals surface area contributed by atoms with Crippen molar-refractivity contribution >= 4 is 34.4 Å². The molecule has 12 nitrogen and oxygen atoms in total. The molecule has 0 fully saturated rings. The van der Waals surface area contributed by atoms with E-state index in [1.165, 1.54) is 0 Å². The molecule has 0 heterocycles. The monoisotopic (exact) mass is 352 g/mol. The van der Waals surface area contributed by atoms with E-state index < -0.39 is 34.4 Å². The van der Waals surface area contributed by atoms with Crippen LogP contribution in [0.4, 0.5) is 0 Å². The smallest absolute Gasteiger partial charge is 0.854 e. The quantitative estimate of drug-likeness (QED) is 0.367. The Labute approximate surface area is 116 Å². The molecule has 0 unspecified atom stereocenters. The summed E-state index contributed by atoms with van der Waals surface area (Å²) in [5, 5.41) is 0. The summed E-state index contributed by atoms with van der Waals surface area (Å²) in [5.41, 5.74) is 0. The van der Waals surface area contributed by atoms with Crippen LogP contribution in [0.5, 0.6) is 0 Å². The van der Waals surface area contributed by atoms with Crippen LogP contribution in [0.15, 0.2) is 0 Å². The van der Waals surface area contributed by atoms with Gasteiger partial charge in [0.2, 0.25) is 0 Å². The maximum atomic E-state index is 8.48. The molecule has 0 bridgehead atoms. The summed E-state index contributed by atoms with van der Waals surface area (Å²) in [4.78, 5) is 102. The van der Waals surface area contributed by atoms with Crippen molar-refractivity contribution in [3.63, 3.8) is 0 Å². The average molecular weight is 352 g/mol. The van der Waals surface area contributed by atoms with E-state index in [1.54, 1.807) is 0 Å². The van der Waals surface area contributed by atoms with E-state index >= 15 is 0 Å². The van der Waals surface area contributed by atoms with Crippen LogP contribution >= 0.6 is 34.4 Å². The van der Waals surface area contributed by atoms with Gasteiger partial charge in [0.25, 0.3) is 0 Å². The first-order valence-electron chi connectivity index (χ1n) is 2.19. The van der Waals surface area contributed by atoms with Gasteiger partial charge < -0.3 is 93.1 Å². The summed E-state index contributed by atoms with van der Waals surface area (Å²) < 4.78 is 0. The molecule has 0 aliphatic carbocycles. The Hall–Kier alpha value is 1.24. The normalized spacial score (nSPS) is 7.58. The van der Waals surface area contributed by atoms with Crippen LogP contribution < -0.4 is 58.7 Å². The fourth-order valence-corrected chi connectivity index (χ4v) is 0. The van der Waals surface area contributed by atoms with Gasteiger partial charge in [0.15, 0.2) is 0 Å². The van der Waals surface area contributed by atoms with Gasteiger partial charge in [0, 0.05) is 0 Å². The van der Waals surface area contributed by atoms with Crippen LogP contribution in [-0.2, 0) is 0 Å². The second kappa shape index (κ2) is 36.5. The third-order valence-corrected chi connectivity index (χ3v) is 0. The van der Waals surface area contributed by atoms with Crippen LogP contribution in [0, 0.1) is 22.3 Å². The number of hydrogen-bond acceptors (Lipinski definition) is 12. The maximum Gasteiger partial charge on any atom is 4.00 e. The van der Waals surface area contributed by atoms with E-state index in [1.807, 2.05) is 0 Å². The Balaban J connectivity index is -0.0000000192. The first-order valence-corrected chi connectivity index (χ1v) is 6.57. The van der Waals surface area contributed by atoms with E-state index in [-0.39, 0.29) is 22.3 Å². The number of rotatable bonds is 0. The first-order chi connectivity index (χ1) is 6.93. The first kappa shape index (κ1) is 42.7. The van der Waals surface area contributed by atoms with Crippen molar-refractivity contribution < 1.29 is 58.7 Å². The van der Waals surface area contributed by atoms with E-state index in [9.17, 15) is 0 Å². The third kappa shape index (κ3) is 3720. The summed E-state index contributed by atoms with van der Waals surface area (Å²) in [6.45, 7) is 0. The predicted molar refractivity (Wildman–Crippen MR) is 37.4 cm³/mol. The molecule has 0 spiro atoms. The molecule has 0 N–H and O–H groups in total. The van der Waals surface area contributed by atoms with Gasteiger partial charge in [-0.15, -0.1) is 0 Å². The van der Waals surface area contributed by atoms with Gasteiger partial charge in [-0.1, -0.05) is 0 Å². The molecule has 0 aliphatic rings. The minimum Gasteiger partial charge on any atom is -0.854 e. The van der Waals surface area contributed by atoms with Crippen LogP contribution in [0.2, 0.25) is 0 Å². The van der Waals surface area contributed by atoms with Crippen molar-refractivity contribution in [2.75, 3.05) is 0 Å². The zero-order chi connectivity index (χ0) is 14.3. The van der Waals surface area contributed by atoms with Crippen LogP contribution in [0.1, 0.15) is 0 Å². The van der Waals surface area contributed by atoms with Crippen molar-refractivity contribution in [1.82, 2.24) is 0 Å². The molecule has 0 radical (unpaired) electrons. The van der Waals surface area contributed by atoms with Crippen LogP contribution in [0.25, 0.3) is 0 Å². The van der Waals surface area contributed by atoms with Gasteiger partial charge in [-0.05, 0) is 0 Å². The summed E-state index contributed by atoms with van der Waals surface area (Å²) in [6, 6.07) is 0. The fraction of sp³-hybridized carbons (Fsp3) is 0. The average Bonchev–Trinajstić information content (AvgIpc) is 1.76. The molecular formula is C3O12P4. The van der Waals surface area contributed by atoms with Crippen LogP contribution in [-0.4, -0.2) is 0 Å². The molecule has 0 saturated carbocycles. The molecule has 0 aliphatic heterocycles. The predicted octanol–water partition coefficient (Wildman–Crippen LogP) is -10.6. The molecule has 0 atom stereocenters. The zero-order valence-corrected chi connectivity index (χ0v) is 11.8. The van der Waals surface area contributed by atoms with Crippen molar-refractivity contribution in [1.29, 1.82) is 0 Å². The van der Waals surface area contributed by atoms with Crippen molar-refractivity contribution in [2.45, 2.75) is 0 Å². The second-order valence-corrected chi connectivity index (χ2v) is 2.68. The van der Waals surface area contributed by atoms with Gasteiger partial charge in [-0.25, -0.2) is 0 Å². The van der Waals surface area contributed by atoms with Crippen LogP contribution in [0.3, 0.4) is 0 Å². The Kier molecular flexibility index (Phi) is 82.1. The van der Waals surface area contributed by atoms with E-state index in [0.717, 1.165) is 0 Å². The Bertz CT molecular complexity index is 68.0. The summed E-state index contributed by atoms with van der Waals surface area (Å²) in [5.74, 6) is 0. The standard InChI is InChI=1S/3C.4O3P/c;;;4*1-4(2)3/q3*+4;4*-3. The largest absolute Gasteiger partial charge is 4.00 e. The molecule has 16 heteroatoms. The summed E-state index contributed by atoms with van der Waals surface area (Å²) >= 11 is 0. The zero-order valence-electron chi connectivity index (χ0n) is 8.19. The van der Waals surface area contributed by atoms with Gasteiger partial charge in [0.1, 0.15) is 0 Å². The fourth-order valence-electron chi connectivity index (χ4n) is 0. The molecule has 19 heavy (non-hydrogen) atoms. The molecule has 0 rings (SSSR count). The summed E-state index contributed by atoms with van der Waals surface area (Å²) in [7, 11) is -13.5. The minimum absolute atomic E-state index is 0. The number of hydrogen-bond donors (Lipinski definition) is 0. The molecule has 0 aromatic heterocycles. The molecule has 104 valence electrons. The Morgan fingerprint density at radius 2 is 0.263 bits per heavy atom. The van der Waals surface area contributed by atoms with Gasteiger partial charge in [-0.2, -0.15) is 0 Å². The van der Waals surface area contributed by atoms with E-state index in [4.69, 9.17) is 58.7 Å². The van der Waals surface area contributed by atoms with Gasteiger partial charge in [0.05, 0.1) is 0 Å². The Morgan fingerprint density at radius 1 is 0.263 bits per heavy atom. The van der Waals surface area contributed by atoms with Crippen molar-refractivity contribution in [3.8, 4) is 0 Å². The SMILES string of the molecule is [C+4].[C+4].[C+4].[O-]P([O-])[O-].[O-]P([O-])[O-].[O-]P([O-])[O-].[O-]P([O-])[O-]. The van der Waals surface area contributed by atoms with E-state index in [0.29, 0.717) is 0 Å². The van der Waals surface area contributed by atoms with Crippen molar-refractivity contribution in [2.24, 2.45) is 0 Å². The molecule has 0 amide bonds. The molecule has 0 aromatic rings. The van der Waals surface area contributed by atoms with Crippen molar-refractivity contribution in [3.05, 3.63) is 22.3 Å². The summed E-state index contributed by atoms with van der Waals surface area (Å²) in [6.07, 6.45) is 0. The third-order valence-electron chi connectivity index (χ3n) is 0.